The van der Waals surface area contributed by atoms with Crippen molar-refractivity contribution in [3.63, 3.8) is 0 Å². The van der Waals surface area contributed by atoms with E-state index in [-0.39, 0.29) is 18.6 Å². The fourth-order valence-electron chi connectivity index (χ4n) is 2.11. The van der Waals surface area contributed by atoms with Crippen molar-refractivity contribution >= 4 is 11.9 Å². The fraction of sp³-hybridized carbons (Fsp3) is 0.375. The fourth-order valence-corrected chi connectivity index (χ4v) is 2.11. The van der Waals surface area contributed by atoms with Crippen LogP contribution < -0.4 is 5.32 Å². The Bertz CT molecular complexity index is 524. The van der Waals surface area contributed by atoms with Gasteiger partial charge in [-0.05, 0) is 25.3 Å². The first kappa shape index (κ1) is 15.1. The molecule has 1 aromatic rings. The largest absolute Gasteiger partial charge is 0.464 e. The lowest BCUT2D eigenvalue weighted by Gasteiger charge is -2.09. The van der Waals surface area contributed by atoms with Gasteiger partial charge in [0.2, 0.25) is 0 Å². The molecule has 0 unspecified atom stereocenters. The van der Waals surface area contributed by atoms with Crippen molar-refractivity contribution in [2.45, 2.75) is 32.4 Å². The summed E-state index contributed by atoms with van der Waals surface area (Å²) in [6.45, 7) is 2.37. The highest BCUT2D eigenvalue weighted by Crippen LogP contribution is 2.16. The van der Waals surface area contributed by atoms with Crippen LogP contribution in [0.15, 0.2) is 42.1 Å². The zero-order chi connectivity index (χ0) is 15.1. The normalized spacial score (nSPS) is 19.1. The van der Waals surface area contributed by atoms with E-state index < -0.39 is 5.97 Å². The van der Waals surface area contributed by atoms with Gasteiger partial charge in [0.25, 0.3) is 0 Å². The van der Waals surface area contributed by atoms with Crippen LogP contribution in [0, 0.1) is 0 Å². The van der Waals surface area contributed by atoms with Crippen LogP contribution in [-0.4, -0.2) is 24.6 Å². The highest BCUT2D eigenvalue weighted by molar-refractivity contribution is 5.83. The molecular weight excluding hydrogens is 270 g/mol. The Morgan fingerprint density at radius 2 is 2.05 bits per heavy atom. The van der Waals surface area contributed by atoms with E-state index in [2.05, 4.69) is 5.32 Å². The number of hydrogen-bond donors (Lipinski definition) is 1. The van der Waals surface area contributed by atoms with Crippen LogP contribution >= 0.6 is 0 Å². The average Bonchev–Trinajstić information content (AvgIpc) is 2.95. The van der Waals surface area contributed by atoms with Crippen LogP contribution in [0.1, 0.15) is 25.3 Å². The minimum absolute atomic E-state index is 0.241. The van der Waals surface area contributed by atoms with E-state index in [1.165, 1.54) is 6.08 Å². The summed E-state index contributed by atoms with van der Waals surface area (Å²) in [5, 5.41) is 2.99. The Morgan fingerprint density at radius 1 is 1.29 bits per heavy atom. The standard InChI is InChI=1S/C16H19NO4/c1-2-20-16(19)14-9-8-13(17-14)10-15(18)21-11-12-6-4-3-5-7-12/h3-7,10,14,17H,2,8-9,11H2,1H3/b13-10-/t14-/m0/s1. The highest BCUT2D eigenvalue weighted by Gasteiger charge is 2.26. The van der Waals surface area contributed by atoms with Gasteiger partial charge in [0, 0.05) is 11.8 Å². The van der Waals surface area contributed by atoms with E-state index in [9.17, 15) is 9.59 Å². The van der Waals surface area contributed by atoms with Gasteiger partial charge in [0.15, 0.2) is 0 Å². The van der Waals surface area contributed by atoms with Gasteiger partial charge in [0.1, 0.15) is 12.6 Å². The number of hydrogen-bond acceptors (Lipinski definition) is 5. The molecule has 0 spiro atoms. The molecule has 0 aliphatic carbocycles. The molecule has 2 rings (SSSR count). The zero-order valence-corrected chi connectivity index (χ0v) is 12.0. The third kappa shape index (κ3) is 4.63. The predicted octanol–water partition coefficient (Wildman–Crippen LogP) is 1.93. The van der Waals surface area contributed by atoms with Crippen LogP contribution in [0.5, 0.6) is 0 Å². The molecule has 1 aromatic carbocycles. The molecule has 0 radical (unpaired) electrons. The molecule has 1 aliphatic rings. The molecule has 0 saturated carbocycles. The molecule has 5 nitrogen and oxygen atoms in total. The summed E-state index contributed by atoms with van der Waals surface area (Å²) in [6.07, 6.45) is 2.68. The van der Waals surface area contributed by atoms with Gasteiger partial charge in [-0.25, -0.2) is 9.59 Å². The minimum atomic E-state index is -0.411. The molecule has 112 valence electrons. The molecule has 1 saturated heterocycles. The number of carbonyl (C=O) groups is 2. The van der Waals surface area contributed by atoms with E-state index in [0.717, 1.165) is 5.56 Å². The third-order valence-electron chi connectivity index (χ3n) is 3.15. The maximum absolute atomic E-state index is 11.7. The molecule has 5 heteroatoms. The molecule has 1 aliphatic heterocycles. The molecule has 21 heavy (non-hydrogen) atoms. The number of ether oxygens (including phenoxy) is 2. The first-order chi connectivity index (χ1) is 10.2. The molecule has 0 amide bonds. The second-order valence-electron chi connectivity index (χ2n) is 4.75. The molecular formula is C16H19NO4. The SMILES string of the molecule is CCOC(=O)[C@@H]1CC/C(=C/C(=O)OCc2ccccc2)N1. The van der Waals surface area contributed by atoms with Crippen molar-refractivity contribution in [3.8, 4) is 0 Å². The van der Waals surface area contributed by atoms with Crippen molar-refractivity contribution in [2.24, 2.45) is 0 Å². The number of rotatable bonds is 5. The number of allylic oxidation sites excluding steroid dienone is 1. The van der Waals surface area contributed by atoms with Gasteiger partial charge < -0.3 is 14.8 Å². The van der Waals surface area contributed by atoms with E-state index in [1.807, 2.05) is 30.3 Å². The van der Waals surface area contributed by atoms with Crippen molar-refractivity contribution in [3.05, 3.63) is 47.7 Å². The predicted molar refractivity (Wildman–Crippen MR) is 77.1 cm³/mol. The Kier molecular flexibility index (Phi) is 5.37. The monoisotopic (exact) mass is 289 g/mol. The summed E-state index contributed by atoms with van der Waals surface area (Å²) < 4.78 is 10.1. The van der Waals surface area contributed by atoms with Gasteiger partial charge in [0.05, 0.1) is 6.61 Å². The summed E-state index contributed by atoms with van der Waals surface area (Å²) in [5.41, 5.74) is 1.65. The van der Waals surface area contributed by atoms with E-state index >= 15 is 0 Å². The van der Waals surface area contributed by atoms with Crippen molar-refractivity contribution in [2.75, 3.05) is 6.61 Å². The average molecular weight is 289 g/mol. The van der Waals surface area contributed by atoms with Gasteiger partial charge in [-0.1, -0.05) is 30.3 Å². The summed E-state index contributed by atoms with van der Waals surface area (Å²) in [4.78, 5) is 23.3. The van der Waals surface area contributed by atoms with E-state index in [4.69, 9.17) is 9.47 Å². The van der Waals surface area contributed by atoms with E-state index in [0.29, 0.717) is 25.1 Å². The lowest BCUT2D eigenvalue weighted by atomic mass is 10.2. The Balaban J connectivity index is 1.81. The maximum Gasteiger partial charge on any atom is 0.332 e. The van der Waals surface area contributed by atoms with Crippen LogP contribution in [0.3, 0.4) is 0 Å². The number of esters is 2. The van der Waals surface area contributed by atoms with Crippen molar-refractivity contribution in [1.29, 1.82) is 0 Å². The lowest BCUT2D eigenvalue weighted by molar-refractivity contribution is -0.145. The quantitative estimate of drug-likeness (QED) is 0.663. The summed E-state index contributed by atoms with van der Waals surface area (Å²) in [7, 11) is 0. The minimum Gasteiger partial charge on any atom is -0.464 e. The van der Waals surface area contributed by atoms with Crippen molar-refractivity contribution in [1.82, 2.24) is 5.32 Å². The lowest BCUT2D eigenvalue weighted by Crippen LogP contribution is -2.31. The van der Waals surface area contributed by atoms with Gasteiger partial charge in [-0.3, -0.25) is 0 Å². The smallest absolute Gasteiger partial charge is 0.332 e. The molecule has 0 aromatic heterocycles. The van der Waals surface area contributed by atoms with Crippen LogP contribution in [-0.2, 0) is 25.7 Å². The summed E-state index contributed by atoms with van der Waals surface area (Å²) >= 11 is 0. The van der Waals surface area contributed by atoms with Crippen molar-refractivity contribution < 1.29 is 19.1 Å². The Hall–Kier alpha value is -2.30. The summed E-state index contributed by atoms with van der Waals surface area (Å²) in [6, 6.07) is 9.12. The molecule has 1 N–H and O–H groups in total. The van der Waals surface area contributed by atoms with Gasteiger partial charge in [-0.2, -0.15) is 0 Å². The van der Waals surface area contributed by atoms with Crippen LogP contribution in [0.2, 0.25) is 0 Å². The van der Waals surface area contributed by atoms with Gasteiger partial charge in [-0.15, -0.1) is 0 Å². The number of benzene rings is 1. The molecule has 0 bridgehead atoms. The summed E-state index contributed by atoms with van der Waals surface area (Å²) in [5.74, 6) is -0.690. The highest BCUT2D eigenvalue weighted by atomic mass is 16.5. The molecule has 1 heterocycles. The maximum atomic E-state index is 11.7. The van der Waals surface area contributed by atoms with Crippen LogP contribution in [0.25, 0.3) is 0 Å². The Morgan fingerprint density at radius 3 is 2.76 bits per heavy atom. The topological polar surface area (TPSA) is 64.6 Å². The van der Waals surface area contributed by atoms with Crippen LogP contribution in [0.4, 0.5) is 0 Å². The Labute approximate surface area is 123 Å². The van der Waals surface area contributed by atoms with E-state index in [1.54, 1.807) is 6.92 Å². The number of nitrogens with one attached hydrogen (secondary N) is 1. The second kappa shape index (κ2) is 7.47. The molecule has 1 fully saturated rings. The second-order valence-corrected chi connectivity index (χ2v) is 4.75. The zero-order valence-electron chi connectivity index (χ0n) is 12.0. The first-order valence-electron chi connectivity index (χ1n) is 7.03. The van der Waals surface area contributed by atoms with Gasteiger partial charge >= 0.3 is 11.9 Å². The molecule has 1 atom stereocenters. The third-order valence-corrected chi connectivity index (χ3v) is 3.15. The number of carbonyl (C=O) groups excluding carboxylic acids is 2. The first-order valence-corrected chi connectivity index (χ1v) is 7.03.